The maximum Gasteiger partial charge on any atom is 0.337 e. The third-order valence-electron chi connectivity index (χ3n) is 1.46. The van der Waals surface area contributed by atoms with Crippen LogP contribution in [0.15, 0.2) is 24.7 Å². The van der Waals surface area contributed by atoms with Crippen LogP contribution in [0.2, 0.25) is 0 Å². The van der Waals surface area contributed by atoms with Gasteiger partial charge in [0.2, 0.25) is 5.82 Å². The Kier molecular flexibility index (Phi) is 1.26. The molecule has 60 valence electrons. The van der Waals surface area contributed by atoms with Gasteiger partial charge in [0.1, 0.15) is 0 Å². The van der Waals surface area contributed by atoms with Gasteiger partial charge in [-0.2, -0.15) is 0 Å². The van der Waals surface area contributed by atoms with Crippen molar-refractivity contribution in [3.63, 3.8) is 0 Å². The Morgan fingerprint density at radius 2 is 2.42 bits per heavy atom. The minimum absolute atomic E-state index is 0.0718. The predicted molar refractivity (Wildman–Crippen MR) is 38.8 cm³/mol. The monoisotopic (exact) mass is 164 g/mol. The number of hydrogen-bond acceptors (Lipinski definition) is 4. The fourth-order valence-corrected chi connectivity index (χ4v) is 0.932. The molecular weight excluding hydrogens is 160 g/mol. The summed E-state index contributed by atoms with van der Waals surface area (Å²) in [7, 11) is 0. The molecule has 6 nitrogen and oxygen atoms in total. The van der Waals surface area contributed by atoms with E-state index in [2.05, 4.69) is 10.1 Å². The molecular formula is C6H4N4O2. The number of aromatic nitrogens is 4. The van der Waals surface area contributed by atoms with Crippen molar-refractivity contribution >= 4 is 0 Å². The summed E-state index contributed by atoms with van der Waals surface area (Å²) in [4.78, 5) is 14.6. The van der Waals surface area contributed by atoms with Gasteiger partial charge in [-0.3, -0.25) is 0 Å². The first-order valence-corrected chi connectivity index (χ1v) is 3.22. The molecule has 0 N–H and O–H groups in total. The largest absolute Gasteiger partial charge is 0.804 e. The van der Waals surface area contributed by atoms with Crippen LogP contribution in [0, 0.1) is 10.1 Å². The van der Waals surface area contributed by atoms with E-state index in [0.717, 1.165) is 6.33 Å². The molecule has 0 spiro atoms. The first-order chi connectivity index (χ1) is 5.79. The molecule has 0 atom stereocenters. The van der Waals surface area contributed by atoms with Crippen molar-refractivity contribution in [3.8, 4) is 11.5 Å². The van der Waals surface area contributed by atoms with E-state index in [1.807, 2.05) is 0 Å². The summed E-state index contributed by atoms with van der Waals surface area (Å²) in [5.74, 6) is 0.0718. The highest BCUT2D eigenvalue weighted by Gasteiger charge is 2.16. The minimum atomic E-state index is 0.0718. The van der Waals surface area contributed by atoms with E-state index in [0.29, 0.717) is 9.27 Å². The molecule has 0 aromatic carbocycles. The highest BCUT2D eigenvalue weighted by atomic mass is 16.5. The van der Waals surface area contributed by atoms with Gasteiger partial charge in [-0.25, -0.2) is 4.98 Å². The summed E-state index contributed by atoms with van der Waals surface area (Å²) < 4.78 is 0.877. The molecule has 0 aliphatic carbocycles. The Labute approximate surface area is 66.6 Å². The number of pyridine rings is 1. The van der Waals surface area contributed by atoms with Gasteiger partial charge in [0.05, 0.1) is 10.0 Å². The zero-order valence-corrected chi connectivity index (χ0v) is 5.91. The van der Waals surface area contributed by atoms with Crippen LogP contribution in [-0.4, -0.2) is 14.8 Å². The Morgan fingerprint density at radius 1 is 1.58 bits per heavy atom. The van der Waals surface area contributed by atoms with Gasteiger partial charge in [0.25, 0.3) is 0 Å². The van der Waals surface area contributed by atoms with Gasteiger partial charge in [-0.1, -0.05) is 0 Å². The summed E-state index contributed by atoms with van der Waals surface area (Å²) in [5, 5.41) is 14.4. The smallest absolute Gasteiger partial charge is 0.337 e. The topological polar surface area (TPSA) is 76.7 Å². The van der Waals surface area contributed by atoms with Crippen LogP contribution >= 0.6 is 0 Å². The van der Waals surface area contributed by atoms with E-state index in [4.69, 9.17) is 0 Å². The van der Waals surface area contributed by atoms with Crippen molar-refractivity contribution < 1.29 is 4.54 Å². The maximum atomic E-state index is 11.0. The first-order valence-electron chi connectivity index (χ1n) is 3.22. The molecule has 0 saturated carbocycles. The maximum absolute atomic E-state index is 11.0. The summed E-state index contributed by atoms with van der Waals surface area (Å²) in [6.45, 7) is 0. The van der Waals surface area contributed by atoms with Crippen molar-refractivity contribution in [2.75, 3.05) is 0 Å². The molecule has 2 rings (SSSR count). The van der Waals surface area contributed by atoms with Gasteiger partial charge in [-0.05, 0) is 6.07 Å². The third-order valence-corrected chi connectivity index (χ3v) is 1.46. The fraction of sp³-hybridized carbons (Fsp3) is 0. The average Bonchev–Trinajstić information content (AvgIpc) is 2.07. The molecule has 0 radical (unpaired) electrons. The molecule has 6 heteroatoms. The molecule has 0 saturated heterocycles. The van der Waals surface area contributed by atoms with Crippen LogP contribution in [0.3, 0.4) is 0 Å². The Balaban J connectivity index is 2.91. The van der Waals surface area contributed by atoms with E-state index in [1.165, 1.54) is 18.3 Å². The lowest BCUT2D eigenvalue weighted by atomic mass is 10.3. The molecule has 0 amide bonds. The second-order valence-electron chi connectivity index (χ2n) is 2.18. The van der Waals surface area contributed by atoms with Crippen LogP contribution in [0.5, 0.6) is 0 Å². The van der Waals surface area contributed by atoms with E-state index in [9.17, 15) is 10.1 Å². The van der Waals surface area contributed by atoms with Crippen LogP contribution < -0.4 is 4.54 Å². The zero-order valence-electron chi connectivity index (χ0n) is 5.91. The Bertz CT molecular complexity index is 438. The lowest BCUT2D eigenvalue weighted by molar-refractivity contribution is -0.554. The van der Waals surface area contributed by atoms with Crippen molar-refractivity contribution in [2.45, 2.75) is 0 Å². The van der Waals surface area contributed by atoms with E-state index in [1.54, 1.807) is 0 Å². The second kappa shape index (κ2) is 2.26. The quantitative estimate of drug-likeness (QED) is 0.498. The van der Waals surface area contributed by atoms with E-state index in [-0.39, 0.29) is 11.5 Å². The number of hydrogen-bond donors (Lipinski definition) is 0. The molecule has 0 aromatic heterocycles. The third kappa shape index (κ3) is 0.815. The minimum Gasteiger partial charge on any atom is -0.804 e. The average molecular weight is 164 g/mol. The van der Waals surface area contributed by atoms with Gasteiger partial charge >= 0.3 is 5.69 Å². The van der Waals surface area contributed by atoms with E-state index < -0.39 is 0 Å². The van der Waals surface area contributed by atoms with Crippen molar-refractivity contribution in [2.24, 2.45) is 0 Å². The van der Waals surface area contributed by atoms with Gasteiger partial charge in [0, 0.05) is 12.3 Å². The van der Waals surface area contributed by atoms with Crippen LogP contribution in [0.4, 0.5) is 0 Å². The lowest BCUT2D eigenvalue weighted by Crippen LogP contribution is -2.25. The highest BCUT2D eigenvalue weighted by Crippen LogP contribution is 2.09. The van der Waals surface area contributed by atoms with Crippen molar-refractivity contribution in [3.05, 3.63) is 34.8 Å². The number of nitrogens with zero attached hydrogens (tertiary/aromatic N) is 4. The van der Waals surface area contributed by atoms with Gasteiger partial charge in [0.15, 0.2) is 10.9 Å². The molecule has 0 aromatic rings. The normalized spacial score (nSPS) is 10.3. The number of rotatable bonds is 0. The Morgan fingerprint density at radius 3 is 3.17 bits per heavy atom. The van der Waals surface area contributed by atoms with Crippen molar-refractivity contribution in [1.82, 2.24) is 14.8 Å². The molecule has 2 aliphatic rings. The summed E-state index contributed by atoms with van der Waals surface area (Å²) in [6.07, 6.45) is 2.32. The van der Waals surface area contributed by atoms with Gasteiger partial charge < -0.3 is 9.94 Å². The second-order valence-corrected chi connectivity index (χ2v) is 2.18. The molecule has 12 heavy (non-hydrogen) atoms. The van der Waals surface area contributed by atoms with Crippen LogP contribution in [-0.2, 0) is 0 Å². The zero-order chi connectivity index (χ0) is 8.55. The molecule has 2 aliphatic heterocycles. The number of fused-ring (bicyclic) bond motifs is 1. The summed E-state index contributed by atoms with van der Waals surface area (Å²) in [6, 6.07) is 2.95. The standard InChI is InChI=1S/C6H4N4O2/c11-9-3-1-2-5-6(9)7-4-8-10(5)12/h1-4H. The summed E-state index contributed by atoms with van der Waals surface area (Å²) in [5.41, 5.74) is 0.162. The fourth-order valence-electron chi connectivity index (χ4n) is 0.932. The lowest BCUT2D eigenvalue weighted by Gasteiger charge is -2.11. The van der Waals surface area contributed by atoms with Crippen LogP contribution in [0.25, 0.3) is 11.5 Å². The van der Waals surface area contributed by atoms with Gasteiger partial charge in [-0.15, -0.1) is 0 Å². The Hall–Kier alpha value is -1.98. The molecule has 0 unspecified atom stereocenters. The SMILES string of the molecule is O=[n+]1ncnc2n([O-])cccc1-2. The highest BCUT2D eigenvalue weighted by molar-refractivity contribution is 5.45. The molecule has 0 bridgehead atoms. The molecule has 2 heterocycles. The first kappa shape index (κ1) is 6.71. The predicted octanol–water partition coefficient (Wildman–Crippen LogP) is -0.357. The van der Waals surface area contributed by atoms with Crippen molar-refractivity contribution in [1.29, 1.82) is 0 Å². The summed E-state index contributed by atoms with van der Waals surface area (Å²) >= 11 is 0. The molecule has 0 fully saturated rings. The van der Waals surface area contributed by atoms with E-state index >= 15 is 0 Å². The van der Waals surface area contributed by atoms with Crippen LogP contribution in [0.1, 0.15) is 0 Å².